The van der Waals surface area contributed by atoms with Gasteiger partial charge in [-0.15, -0.1) is 0 Å². The number of carboxylic acid groups (broad SMARTS) is 1. The number of halogens is 2. The number of benzene rings is 1. The molecule has 1 aromatic carbocycles. The van der Waals surface area contributed by atoms with Crippen LogP contribution < -0.4 is 0 Å². The second kappa shape index (κ2) is 5.59. The molecule has 98 valence electrons. The molecule has 1 aliphatic rings. The fourth-order valence-electron chi connectivity index (χ4n) is 2.41. The van der Waals surface area contributed by atoms with Gasteiger partial charge in [0.2, 0.25) is 0 Å². The van der Waals surface area contributed by atoms with Crippen LogP contribution in [0.15, 0.2) is 22.7 Å². The van der Waals surface area contributed by atoms with Crippen LogP contribution in [0.5, 0.6) is 0 Å². The molecule has 1 saturated heterocycles. The minimum Gasteiger partial charge on any atom is -0.481 e. The van der Waals surface area contributed by atoms with E-state index in [-0.39, 0.29) is 11.8 Å². The van der Waals surface area contributed by atoms with Crippen molar-refractivity contribution < 1.29 is 9.90 Å². The van der Waals surface area contributed by atoms with Crippen LogP contribution in [0.4, 0.5) is 0 Å². The third-order valence-electron chi connectivity index (χ3n) is 3.41. The van der Waals surface area contributed by atoms with Crippen LogP contribution in [-0.4, -0.2) is 29.1 Å². The van der Waals surface area contributed by atoms with Crippen molar-refractivity contribution in [2.24, 2.45) is 11.8 Å². The summed E-state index contributed by atoms with van der Waals surface area (Å²) in [5, 5.41) is 9.80. The lowest BCUT2D eigenvalue weighted by molar-refractivity contribution is -0.142. The Morgan fingerprint density at radius 1 is 1.56 bits per heavy atom. The monoisotopic (exact) mass is 331 g/mol. The van der Waals surface area contributed by atoms with Gasteiger partial charge >= 0.3 is 5.97 Å². The van der Waals surface area contributed by atoms with Gasteiger partial charge in [-0.25, -0.2) is 0 Å². The van der Waals surface area contributed by atoms with Gasteiger partial charge in [0, 0.05) is 29.1 Å². The average molecular weight is 333 g/mol. The molecule has 2 rings (SSSR count). The molecule has 18 heavy (non-hydrogen) atoms. The van der Waals surface area contributed by atoms with Crippen molar-refractivity contribution in [3.8, 4) is 0 Å². The Labute approximate surface area is 120 Å². The smallest absolute Gasteiger partial charge is 0.308 e. The molecule has 0 bridgehead atoms. The number of rotatable bonds is 3. The van der Waals surface area contributed by atoms with Gasteiger partial charge in [0.15, 0.2) is 0 Å². The molecule has 1 heterocycles. The van der Waals surface area contributed by atoms with Crippen LogP contribution in [0.3, 0.4) is 0 Å². The van der Waals surface area contributed by atoms with Gasteiger partial charge in [0.1, 0.15) is 0 Å². The maximum Gasteiger partial charge on any atom is 0.308 e. The molecule has 0 unspecified atom stereocenters. The third kappa shape index (κ3) is 3.05. The SMILES string of the molecule is C[C@@H]1CN(Cc2ccc(Cl)cc2Br)C[C@H]1C(=O)O. The van der Waals surface area contributed by atoms with Crippen LogP contribution in [0, 0.1) is 11.8 Å². The Morgan fingerprint density at radius 3 is 2.83 bits per heavy atom. The van der Waals surface area contributed by atoms with Crippen LogP contribution in [0.1, 0.15) is 12.5 Å². The van der Waals surface area contributed by atoms with Crippen molar-refractivity contribution in [2.45, 2.75) is 13.5 Å². The molecule has 3 nitrogen and oxygen atoms in total. The number of likely N-dealkylation sites (tertiary alicyclic amines) is 1. The van der Waals surface area contributed by atoms with Gasteiger partial charge < -0.3 is 5.11 Å². The summed E-state index contributed by atoms with van der Waals surface area (Å²) in [4.78, 5) is 13.2. The Morgan fingerprint density at radius 2 is 2.28 bits per heavy atom. The van der Waals surface area contributed by atoms with Crippen molar-refractivity contribution in [1.29, 1.82) is 0 Å². The predicted octanol–water partition coefficient (Wildman–Crippen LogP) is 3.26. The summed E-state index contributed by atoms with van der Waals surface area (Å²) in [6, 6.07) is 5.70. The van der Waals surface area contributed by atoms with Gasteiger partial charge in [0.25, 0.3) is 0 Å². The summed E-state index contributed by atoms with van der Waals surface area (Å²) in [7, 11) is 0. The Bertz CT molecular complexity index is 466. The summed E-state index contributed by atoms with van der Waals surface area (Å²) >= 11 is 9.39. The van der Waals surface area contributed by atoms with Crippen molar-refractivity contribution in [3.05, 3.63) is 33.3 Å². The lowest BCUT2D eigenvalue weighted by atomic mass is 9.99. The zero-order valence-electron chi connectivity index (χ0n) is 10.1. The molecule has 0 saturated carbocycles. The molecule has 1 aromatic rings. The van der Waals surface area contributed by atoms with Gasteiger partial charge in [0.05, 0.1) is 5.92 Å². The quantitative estimate of drug-likeness (QED) is 0.923. The molecule has 1 fully saturated rings. The largest absolute Gasteiger partial charge is 0.481 e. The Kier molecular flexibility index (Phi) is 4.30. The van der Waals surface area contributed by atoms with E-state index in [9.17, 15) is 4.79 Å². The van der Waals surface area contributed by atoms with Gasteiger partial charge in [-0.2, -0.15) is 0 Å². The second-order valence-electron chi connectivity index (χ2n) is 4.85. The highest BCUT2D eigenvalue weighted by Crippen LogP contribution is 2.28. The lowest BCUT2D eigenvalue weighted by Crippen LogP contribution is -2.23. The molecule has 5 heteroatoms. The molecular formula is C13H15BrClNO2. The van der Waals surface area contributed by atoms with Gasteiger partial charge in [-0.05, 0) is 23.6 Å². The van der Waals surface area contributed by atoms with Gasteiger partial charge in [-0.1, -0.05) is 40.5 Å². The number of nitrogens with zero attached hydrogens (tertiary/aromatic N) is 1. The number of carboxylic acids is 1. The van der Waals surface area contributed by atoms with Crippen molar-refractivity contribution in [1.82, 2.24) is 4.90 Å². The normalized spacial score (nSPS) is 24.4. The Balaban J connectivity index is 2.05. The third-order valence-corrected chi connectivity index (χ3v) is 4.39. The van der Waals surface area contributed by atoms with E-state index in [2.05, 4.69) is 20.8 Å². The minimum absolute atomic E-state index is 0.202. The zero-order chi connectivity index (χ0) is 13.3. The number of hydrogen-bond donors (Lipinski definition) is 1. The number of hydrogen-bond acceptors (Lipinski definition) is 2. The van der Waals surface area contributed by atoms with Crippen LogP contribution in [0.2, 0.25) is 5.02 Å². The summed E-state index contributed by atoms with van der Waals surface area (Å²) in [5.74, 6) is -0.746. The zero-order valence-corrected chi connectivity index (χ0v) is 12.4. The maximum atomic E-state index is 11.1. The molecular weight excluding hydrogens is 318 g/mol. The highest BCUT2D eigenvalue weighted by atomic mass is 79.9. The van der Waals surface area contributed by atoms with Gasteiger partial charge in [-0.3, -0.25) is 9.69 Å². The molecule has 0 aromatic heterocycles. The van der Waals surface area contributed by atoms with Crippen molar-refractivity contribution in [2.75, 3.05) is 13.1 Å². The van der Waals surface area contributed by atoms with E-state index in [4.69, 9.17) is 16.7 Å². The van der Waals surface area contributed by atoms with E-state index in [1.807, 2.05) is 25.1 Å². The molecule has 2 atom stereocenters. The highest BCUT2D eigenvalue weighted by Gasteiger charge is 2.34. The summed E-state index contributed by atoms with van der Waals surface area (Å²) < 4.78 is 0.974. The average Bonchev–Trinajstić information content (AvgIpc) is 2.64. The molecule has 0 aliphatic carbocycles. The van der Waals surface area contributed by atoms with Crippen LogP contribution >= 0.6 is 27.5 Å². The fourth-order valence-corrected chi connectivity index (χ4v) is 3.22. The first-order valence-electron chi connectivity index (χ1n) is 5.86. The van der Waals surface area contributed by atoms with Crippen LogP contribution in [-0.2, 0) is 11.3 Å². The van der Waals surface area contributed by atoms with E-state index in [0.717, 1.165) is 23.1 Å². The molecule has 1 N–H and O–H groups in total. The van der Waals surface area contributed by atoms with E-state index in [1.165, 1.54) is 0 Å². The first-order chi connectivity index (χ1) is 8.47. The standard InChI is InChI=1S/C13H15BrClNO2/c1-8-5-16(7-11(8)13(17)18)6-9-2-3-10(15)4-12(9)14/h2-4,8,11H,5-7H2,1H3,(H,17,18)/t8-,11-/m1/s1. The number of carbonyl (C=O) groups is 1. The van der Waals surface area contributed by atoms with E-state index < -0.39 is 5.97 Å². The minimum atomic E-state index is -0.694. The maximum absolute atomic E-state index is 11.1. The first-order valence-corrected chi connectivity index (χ1v) is 7.03. The Hall–Kier alpha value is -0.580. The molecule has 0 radical (unpaired) electrons. The first kappa shape index (κ1) is 13.8. The summed E-state index contributed by atoms with van der Waals surface area (Å²) in [6.45, 7) is 4.19. The molecule has 0 spiro atoms. The number of aliphatic carboxylic acids is 1. The summed E-state index contributed by atoms with van der Waals surface area (Å²) in [5.41, 5.74) is 1.14. The van der Waals surface area contributed by atoms with Crippen molar-refractivity contribution in [3.63, 3.8) is 0 Å². The highest BCUT2D eigenvalue weighted by molar-refractivity contribution is 9.10. The topological polar surface area (TPSA) is 40.5 Å². The van der Waals surface area contributed by atoms with E-state index in [1.54, 1.807) is 0 Å². The van der Waals surface area contributed by atoms with Crippen molar-refractivity contribution >= 4 is 33.5 Å². The summed E-state index contributed by atoms with van der Waals surface area (Å²) in [6.07, 6.45) is 0. The fraction of sp³-hybridized carbons (Fsp3) is 0.462. The lowest BCUT2D eigenvalue weighted by Gasteiger charge is -2.16. The van der Waals surface area contributed by atoms with Crippen LogP contribution in [0.25, 0.3) is 0 Å². The second-order valence-corrected chi connectivity index (χ2v) is 6.14. The van der Waals surface area contributed by atoms with E-state index >= 15 is 0 Å². The van der Waals surface area contributed by atoms with E-state index in [0.29, 0.717) is 11.6 Å². The molecule has 0 amide bonds. The molecule has 1 aliphatic heterocycles. The predicted molar refractivity (Wildman–Crippen MR) is 74.7 cm³/mol.